The molecular formula is C61H56F10N2O12. The molecule has 0 saturated heterocycles. The average molecular weight is 1200 g/mol. The summed E-state index contributed by atoms with van der Waals surface area (Å²) in [7, 11) is 2.43. The number of nitrogens with two attached hydrogens (primary N) is 2. The number of allylic oxidation sites excluding steroid dienone is 1. The van der Waals surface area contributed by atoms with Crippen molar-refractivity contribution in [1.29, 1.82) is 0 Å². The number of halogens is 10. The number of ketones is 2. The minimum Gasteiger partial charge on any atom is -0.493 e. The molecule has 0 spiro atoms. The summed E-state index contributed by atoms with van der Waals surface area (Å²) in [6.45, 7) is -1.02. The zero-order valence-electron chi connectivity index (χ0n) is 45.3. The minimum atomic E-state index is -5.71. The number of esters is 2. The zero-order valence-corrected chi connectivity index (χ0v) is 45.3. The monoisotopic (exact) mass is 1200 g/mol. The Morgan fingerprint density at radius 1 is 0.494 bits per heavy atom. The Kier molecular flexibility index (Phi) is 21.2. The molecule has 0 aliphatic heterocycles. The second kappa shape index (κ2) is 27.7. The molecule has 0 aliphatic rings. The van der Waals surface area contributed by atoms with Crippen LogP contribution in [0.5, 0.6) is 34.5 Å². The highest BCUT2D eigenvalue weighted by Crippen LogP contribution is 2.44. The van der Waals surface area contributed by atoms with E-state index in [2.05, 4.69) is 0 Å². The summed E-state index contributed by atoms with van der Waals surface area (Å²) in [5, 5.41) is 24.5. The van der Waals surface area contributed by atoms with Gasteiger partial charge in [-0.15, -0.1) is 0 Å². The number of carbonyl (C=O) groups is 4. The van der Waals surface area contributed by atoms with Crippen LogP contribution in [0.25, 0.3) is 12.2 Å². The summed E-state index contributed by atoms with van der Waals surface area (Å²) in [5.41, 5.74) is 12.3. The number of alkyl halides is 10. The van der Waals surface area contributed by atoms with E-state index in [4.69, 9.17) is 39.9 Å². The van der Waals surface area contributed by atoms with Gasteiger partial charge in [0.2, 0.25) is 11.6 Å². The van der Waals surface area contributed by atoms with Crippen molar-refractivity contribution in [2.75, 3.05) is 38.9 Å². The molecule has 0 aliphatic carbocycles. The van der Waals surface area contributed by atoms with Crippen LogP contribution in [0.15, 0.2) is 146 Å². The molecule has 24 heteroatoms. The molecule has 0 radical (unpaired) electrons. The summed E-state index contributed by atoms with van der Waals surface area (Å²) in [6.07, 6.45) is -12.1. The Labute approximate surface area is 480 Å². The Balaban J connectivity index is 1.15. The molecule has 6 aromatic carbocycles. The Hall–Kier alpha value is -8.90. The van der Waals surface area contributed by atoms with Gasteiger partial charge in [-0.1, -0.05) is 60.7 Å². The third-order valence-corrected chi connectivity index (χ3v) is 13.1. The summed E-state index contributed by atoms with van der Waals surface area (Å²) in [6, 6.07) is 31.6. The average Bonchev–Trinajstić information content (AvgIpc) is 2.74. The maximum Gasteiger partial charge on any atom is 0.453 e. The van der Waals surface area contributed by atoms with E-state index in [9.17, 15) is 73.3 Å². The zero-order chi connectivity index (χ0) is 62.4. The number of nitrogen functional groups attached to an aromatic ring is 2. The Bertz CT molecular complexity index is 3280. The lowest BCUT2D eigenvalue weighted by molar-refractivity contribution is -0.284. The van der Waals surface area contributed by atoms with Gasteiger partial charge >= 0.3 is 36.1 Å². The van der Waals surface area contributed by atoms with Crippen molar-refractivity contribution in [1.82, 2.24) is 0 Å². The third kappa shape index (κ3) is 17.6. The molecule has 0 atom stereocenters. The minimum absolute atomic E-state index is 0.0218. The molecule has 0 fully saturated rings. The van der Waals surface area contributed by atoms with Crippen molar-refractivity contribution in [2.24, 2.45) is 5.41 Å². The Morgan fingerprint density at radius 2 is 0.871 bits per heavy atom. The number of ether oxygens (including phenoxy) is 6. The highest BCUT2D eigenvalue weighted by atomic mass is 19.4. The van der Waals surface area contributed by atoms with E-state index in [1.54, 1.807) is 48.5 Å². The highest BCUT2D eigenvalue weighted by molar-refractivity contribution is 6.01. The van der Waals surface area contributed by atoms with Gasteiger partial charge in [-0.25, -0.2) is 9.59 Å². The van der Waals surface area contributed by atoms with Gasteiger partial charge in [-0.2, -0.15) is 43.9 Å². The fourth-order valence-electron chi connectivity index (χ4n) is 8.43. The molecule has 0 bridgehead atoms. The summed E-state index contributed by atoms with van der Waals surface area (Å²) in [5.74, 6) is -16.7. The van der Waals surface area contributed by atoms with Gasteiger partial charge in [-0.3, -0.25) is 9.59 Å². The van der Waals surface area contributed by atoms with Crippen LogP contribution in [0.1, 0.15) is 75.1 Å². The van der Waals surface area contributed by atoms with E-state index >= 15 is 0 Å². The molecule has 6 aromatic rings. The van der Waals surface area contributed by atoms with E-state index in [1.165, 1.54) is 117 Å². The lowest BCUT2D eigenvalue weighted by Gasteiger charge is -2.42. The van der Waals surface area contributed by atoms with E-state index in [1.807, 2.05) is 0 Å². The van der Waals surface area contributed by atoms with Crippen molar-refractivity contribution in [2.45, 2.75) is 74.9 Å². The molecule has 452 valence electrons. The van der Waals surface area contributed by atoms with Crippen LogP contribution in [0.4, 0.5) is 55.3 Å². The second-order valence-electron chi connectivity index (χ2n) is 19.4. The third-order valence-electron chi connectivity index (χ3n) is 13.1. The van der Waals surface area contributed by atoms with Gasteiger partial charge in [0, 0.05) is 36.1 Å². The van der Waals surface area contributed by atoms with Crippen LogP contribution in [-0.4, -0.2) is 91.1 Å². The number of carbonyl (C=O) groups excluding carboxylic acids is 4. The van der Waals surface area contributed by atoms with Crippen LogP contribution in [0, 0.1) is 5.41 Å². The lowest BCUT2D eigenvalue weighted by atomic mass is 9.65. The Morgan fingerprint density at radius 3 is 1.24 bits per heavy atom. The maximum atomic E-state index is 14.3. The number of hydrogen-bond acceptors (Lipinski definition) is 14. The molecular weight excluding hydrogens is 1140 g/mol. The first-order chi connectivity index (χ1) is 39.9. The van der Waals surface area contributed by atoms with Crippen LogP contribution >= 0.6 is 0 Å². The SMILES string of the molecule is COc1cc(C(=O)Oc2ccc(C=CC(=O)CC(Cc3ccc(N)cc3)(Cc3ccc(N)cc3)C(O)(O)C(=O)C=Cc3ccc(OC(=O)c4ccc(OCCCC(F)(F)C(F)(F)F)c(OC)c4)cc3)cc2)ccc1OCCCC(F)(F)C(F)(F)F. The number of rotatable bonds is 28. The van der Waals surface area contributed by atoms with Crippen molar-refractivity contribution < 1.29 is 102 Å². The molecule has 0 saturated carbocycles. The van der Waals surface area contributed by atoms with Crippen molar-refractivity contribution >= 4 is 47.0 Å². The standard InChI is InChI=1S/C61H56F10N2O12/c1-80-51-33-42(15-26-49(51)82-31-3-29-57(62,63)60(66,67)68)54(76)84-47-22-10-38(11-23-47)9-21-46(74)37-56(35-40-5-17-44(72)18-6-40,36-41-7-19-45(73)20-8-41)59(78,79)53(75)28-14-39-12-24-48(25-13-39)85-55(77)43-16-27-50(52(34-43)81-2)83-32-4-30-58(64,65)61(69,70)71/h5-28,33-34,78-79H,3-4,29-32,35-37,72-73H2,1-2H3. The van der Waals surface area contributed by atoms with Gasteiger partial charge in [0.1, 0.15) is 11.5 Å². The number of aliphatic hydroxyl groups is 2. The van der Waals surface area contributed by atoms with Gasteiger partial charge in [0.25, 0.3) is 0 Å². The van der Waals surface area contributed by atoms with Crippen molar-refractivity contribution in [3.63, 3.8) is 0 Å². The van der Waals surface area contributed by atoms with Crippen LogP contribution < -0.4 is 39.9 Å². The predicted molar refractivity (Wildman–Crippen MR) is 292 cm³/mol. The lowest BCUT2D eigenvalue weighted by Crippen LogP contribution is -2.57. The van der Waals surface area contributed by atoms with Crippen LogP contribution in [0.2, 0.25) is 0 Å². The van der Waals surface area contributed by atoms with Crippen LogP contribution in [0.3, 0.4) is 0 Å². The number of anilines is 2. The first kappa shape index (κ1) is 65.3. The molecule has 0 unspecified atom stereocenters. The molecule has 6 rings (SSSR count). The largest absolute Gasteiger partial charge is 0.493 e. The number of methoxy groups -OCH3 is 2. The second-order valence-corrected chi connectivity index (χ2v) is 19.4. The first-order valence-corrected chi connectivity index (χ1v) is 25.7. The van der Waals surface area contributed by atoms with E-state index < -0.39 is 104 Å². The molecule has 6 N–H and O–H groups in total. The number of hydrogen-bond donors (Lipinski definition) is 4. The van der Waals surface area contributed by atoms with E-state index in [-0.39, 0.29) is 58.5 Å². The quantitative estimate of drug-likeness (QED) is 0.00684. The molecule has 0 heterocycles. The number of benzene rings is 6. The molecule has 14 nitrogen and oxygen atoms in total. The highest BCUT2D eigenvalue weighted by Gasteiger charge is 2.58. The molecule has 85 heavy (non-hydrogen) atoms. The molecule has 0 amide bonds. The van der Waals surface area contributed by atoms with Gasteiger partial charge < -0.3 is 50.1 Å². The van der Waals surface area contributed by atoms with Gasteiger partial charge in [-0.05, 0) is 145 Å². The van der Waals surface area contributed by atoms with Gasteiger partial charge in [0.15, 0.2) is 28.8 Å². The van der Waals surface area contributed by atoms with Crippen molar-refractivity contribution in [3.05, 3.63) is 179 Å². The first-order valence-electron chi connectivity index (χ1n) is 25.7. The maximum absolute atomic E-state index is 14.3. The van der Waals surface area contributed by atoms with E-state index in [0.717, 1.165) is 6.08 Å². The van der Waals surface area contributed by atoms with Crippen LogP contribution in [-0.2, 0) is 22.4 Å². The smallest absolute Gasteiger partial charge is 0.453 e. The summed E-state index contributed by atoms with van der Waals surface area (Å²) >= 11 is 0. The molecule has 0 aromatic heterocycles. The summed E-state index contributed by atoms with van der Waals surface area (Å²) in [4.78, 5) is 54.6. The van der Waals surface area contributed by atoms with Gasteiger partial charge in [0.05, 0.1) is 38.6 Å². The normalized spacial score (nSPS) is 12.5. The topological polar surface area (TPSA) is 216 Å². The summed E-state index contributed by atoms with van der Waals surface area (Å²) < 4.78 is 160. The fourth-order valence-corrected chi connectivity index (χ4v) is 8.43. The predicted octanol–water partition coefficient (Wildman–Crippen LogP) is 12.4. The fraction of sp³-hybridized carbons (Fsp3) is 0.279. The van der Waals surface area contributed by atoms with E-state index in [0.29, 0.717) is 33.6 Å². The van der Waals surface area contributed by atoms with Crippen molar-refractivity contribution in [3.8, 4) is 34.5 Å².